The maximum atomic E-state index is 11.7. The summed E-state index contributed by atoms with van der Waals surface area (Å²) in [6.45, 7) is 9.81. The first-order valence-electron chi connectivity index (χ1n) is 12.7. The Bertz CT molecular complexity index is 322. The van der Waals surface area contributed by atoms with Crippen LogP contribution in [-0.2, 0) is 9.53 Å². The van der Waals surface area contributed by atoms with E-state index in [1.807, 2.05) is 0 Å². The Morgan fingerprint density at radius 3 is 1.32 bits per heavy atom. The summed E-state index contributed by atoms with van der Waals surface area (Å²) in [6.07, 6.45) is 22.8. The number of carbonyl (C=O) groups excluding carboxylic acids is 1. The maximum absolute atomic E-state index is 11.7. The number of rotatable bonds is 21. The highest BCUT2D eigenvalue weighted by Crippen LogP contribution is 2.14. The Labute approximate surface area is 177 Å². The summed E-state index contributed by atoms with van der Waals surface area (Å²) in [5.41, 5.74) is 0. The molecule has 168 valence electrons. The molecule has 0 aliphatic carbocycles. The van der Waals surface area contributed by atoms with Crippen molar-refractivity contribution in [2.24, 2.45) is 11.8 Å². The van der Waals surface area contributed by atoms with Crippen LogP contribution >= 0.6 is 0 Å². The van der Waals surface area contributed by atoms with Crippen molar-refractivity contribution >= 4 is 5.97 Å². The topological polar surface area (TPSA) is 26.3 Å². The second kappa shape index (κ2) is 21.2. The molecule has 0 N–H and O–H groups in total. The summed E-state index contributed by atoms with van der Waals surface area (Å²) in [5, 5.41) is 0. The molecule has 28 heavy (non-hydrogen) atoms. The third-order valence-electron chi connectivity index (χ3n) is 5.60. The molecule has 0 radical (unpaired) electrons. The average Bonchev–Trinajstić information content (AvgIpc) is 2.64. The summed E-state index contributed by atoms with van der Waals surface area (Å²) >= 11 is 0. The minimum atomic E-state index is 0.0113. The minimum absolute atomic E-state index is 0.0113. The van der Waals surface area contributed by atoms with Gasteiger partial charge in [0.05, 0.1) is 6.61 Å². The first-order chi connectivity index (χ1) is 13.5. The van der Waals surface area contributed by atoms with Crippen molar-refractivity contribution in [3.63, 3.8) is 0 Å². The minimum Gasteiger partial charge on any atom is -0.466 e. The Kier molecular flexibility index (Phi) is 20.8. The second-order valence-electron chi connectivity index (χ2n) is 9.64. The molecule has 0 unspecified atom stereocenters. The molecule has 0 aromatic carbocycles. The first-order valence-corrected chi connectivity index (χ1v) is 12.7. The van der Waals surface area contributed by atoms with Gasteiger partial charge in [-0.1, -0.05) is 124 Å². The van der Waals surface area contributed by atoms with Gasteiger partial charge < -0.3 is 4.74 Å². The van der Waals surface area contributed by atoms with Crippen LogP contribution in [0.2, 0.25) is 0 Å². The molecule has 0 spiro atoms. The molecule has 0 aliphatic heterocycles. The van der Waals surface area contributed by atoms with Crippen LogP contribution in [-0.4, -0.2) is 12.6 Å². The van der Waals surface area contributed by atoms with Gasteiger partial charge in [0, 0.05) is 6.42 Å². The zero-order chi connectivity index (χ0) is 20.9. The molecule has 2 nitrogen and oxygen atoms in total. The highest BCUT2D eigenvalue weighted by Gasteiger charge is 2.03. The van der Waals surface area contributed by atoms with Crippen LogP contribution in [0.15, 0.2) is 0 Å². The van der Waals surface area contributed by atoms with Gasteiger partial charge in [-0.3, -0.25) is 4.79 Å². The monoisotopic (exact) mass is 396 g/mol. The van der Waals surface area contributed by atoms with Gasteiger partial charge >= 0.3 is 5.97 Å². The van der Waals surface area contributed by atoms with Crippen molar-refractivity contribution in [1.29, 1.82) is 0 Å². The number of hydrogen-bond acceptors (Lipinski definition) is 2. The van der Waals surface area contributed by atoms with E-state index in [2.05, 4.69) is 27.7 Å². The molecule has 0 amide bonds. The Balaban J connectivity index is 3.15. The van der Waals surface area contributed by atoms with Crippen LogP contribution in [0.25, 0.3) is 0 Å². The van der Waals surface area contributed by atoms with Gasteiger partial charge in [-0.15, -0.1) is 0 Å². The van der Waals surface area contributed by atoms with E-state index in [0.717, 1.165) is 24.7 Å². The van der Waals surface area contributed by atoms with E-state index in [9.17, 15) is 4.79 Å². The number of ether oxygens (including phenoxy) is 1. The first kappa shape index (κ1) is 27.5. The fraction of sp³-hybridized carbons (Fsp3) is 0.962. The lowest BCUT2D eigenvalue weighted by Crippen LogP contribution is -2.05. The zero-order valence-electron chi connectivity index (χ0n) is 19.9. The van der Waals surface area contributed by atoms with Crippen molar-refractivity contribution in [2.75, 3.05) is 6.61 Å². The van der Waals surface area contributed by atoms with Gasteiger partial charge in [-0.05, 0) is 24.7 Å². The smallest absolute Gasteiger partial charge is 0.305 e. The van der Waals surface area contributed by atoms with E-state index in [1.165, 1.54) is 96.3 Å². The molecule has 0 aliphatic rings. The molecular weight excluding hydrogens is 344 g/mol. The molecule has 0 saturated heterocycles. The van der Waals surface area contributed by atoms with Crippen molar-refractivity contribution in [1.82, 2.24) is 0 Å². The Morgan fingerprint density at radius 1 is 0.536 bits per heavy atom. The summed E-state index contributed by atoms with van der Waals surface area (Å²) in [6, 6.07) is 0. The number of unbranched alkanes of at least 4 members (excludes halogenated alkanes) is 13. The molecule has 0 heterocycles. The summed E-state index contributed by atoms with van der Waals surface area (Å²) < 4.78 is 5.35. The fourth-order valence-corrected chi connectivity index (χ4v) is 3.68. The fourth-order valence-electron chi connectivity index (χ4n) is 3.68. The number of hydrogen-bond donors (Lipinski definition) is 0. The van der Waals surface area contributed by atoms with E-state index >= 15 is 0 Å². The van der Waals surface area contributed by atoms with Gasteiger partial charge in [0.2, 0.25) is 0 Å². The lowest BCUT2D eigenvalue weighted by molar-refractivity contribution is -0.143. The Hall–Kier alpha value is -0.530. The predicted molar refractivity (Wildman–Crippen MR) is 124 cm³/mol. The van der Waals surface area contributed by atoms with E-state index in [0.29, 0.717) is 13.0 Å². The van der Waals surface area contributed by atoms with Crippen LogP contribution in [0.5, 0.6) is 0 Å². The summed E-state index contributed by atoms with van der Waals surface area (Å²) in [7, 11) is 0. The van der Waals surface area contributed by atoms with Crippen LogP contribution in [0.4, 0.5) is 0 Å². The summed E-state index contributed by atoms with van der Waals surface area (Å²) in [4.78, 5) is 11.7. The molecule has 2 heteroatoms. The molecule has 0 rings (SSSR count). The summed E-state index contributed by atoms with van der Waals surface area (Å²) in [5.74, 6) is 1.68. The SMILES string of the molecule is CC(C)CCCCCCCCCCCCCOC(=O)CCCCCCC(C)C. The highest BCUT2D eigenvalue weighted by molar-refractivity contribution is 5.69. The second-order valence-corrected chi connectivity index (χ2v) is 9.64. The van der Waals surface area contributed by atoms with Crippen molar-refractivity contribution in [2.45, 2.75) is 143 Å². The van der Waals surface area contributed by atoms with Gasteiger partial charge in [-0.25, -0.2) is 0 Å². The quantitative estimate of drug-likeness (QED) is 0.143. The third kappa shape index (κ3) is 23.5. The van der Waals surface area contributed by atoms with E-state index in [1.54, 1.807) is 0 Å². The molecular formula is C26H52O2. The van der Waals surface area contributed by atoms with Gasteiger partial charge in [0.25, 0.3) is 0 Å². The standard InChI is InChI=1S/C26H52O2/c1-24(2)20-16-12-10-8-6-5-7-9-11-15-19-23-28-26(27)22-18-14-13-17-21-25(3)4/h24-25H,5-23H2,1-4H3. The third-order valence-corrected chi connectivity index (χ3v) is 5.60. The van der Waals surface area contributed by atoms with E-state index < -0.39 is 0 Å². The van der Waals surface area contributed by atoms with Crippen LogP contribution in [0.1, 0.15) is 143 Å². The molecule has 0 saturated carbocycles. The largest absolute Gasteiger partial charge is 0.466 e. The van der Waals surface area contributed by atoms with E-state index in [-0.39, 0.29) is 5.97 Å². The molecule has 0 atom stereocenters. The van der Waals surface area contributed by atoms with Crippen LogP contribution in [0.3, 0.4) is 0 Å². The van der Waals surface area contributed by atoms with Crippen molar-refractivity contribution in [3.8, 4) is 0 Å². The normalized spacial score (nSPS) is 11.5. The average molecular weight is 397 g/mol. The van der Waals surface area contributed by atoms with Crippen LogP contribution in [0, 0.1) is 11.8 Å². The van der Waals surface area contributed by atoms with Crippen molar-refractivity contribution < 1.29 is 9.53 Å². The number of esters is 1. The molecule has 0 aromatic rings. The highest BCUT2D eigenvalue weighted by atomic mass is 16.5. The maximum Gasteiger partial charge on any atom is 0.305 e. The lowest BCUT2D eigenvalue weighted by Gasteiger charge is -2.06. The lowest BCUT2D eigenvalue weighted by atomic mass is 10.0. The molecule has 0 aromatic heterocycles. The molecule has 0 bridgehead atoms. The van der Waals surface area contributed by atoms with E-state index in [4.69, 9.17) is 4.74 Å². The zero-order valence-corrected chi connectivity index (χ0v) is 19.9. The Morgan fingerprint density at radius 2 is 0.893 bits per heavy atom. The van der Waals surface area contributed by atoms with Crippen molar-refractivity contribution in [3.05, 3.63) is 0 Å². The van der Waals surface area contributed by atoms with Gasteiger partial charge in [0.15, 0.2) is 0 Å². The predicted octanol–water partition coefficient (Wildman–Crippen LogP) is 8.86. The van der Waals surface area contributed by atoms with Crippen LogP contribution < -0.4 is 0 Å². The molecule has 0 fully saturated rings. The van der Waals surface area contributed by atoms with Gasteiger partial charge in [0.1, 0.15) is 0 Å². The number of carbonyl (C=O) groups is 1. The van der Waals surface area contributed by atoms with Gasteiger partial charge in [-0.2, -0.15) is 0 Å².